The SMILES string of the molecule is CC(=O)SC[C@H](CC1CC1)C(=O)N[C@@H](Cc1nc2ccccc2s1)C(=O)O. The summed E-state index contributed by atoms with van der Waals surface area (Å²) in [5.41, 5.74) is 0.831. The number of benzene rings is 1. The van der Waals surface area contributed by atoms with Gasteiger partial charge in [-0.25, -0.2) is 9.78 Å². The molecule has 8 heteroatoms. The van der Waals surface area contributed by atoms with Gasteiger partial charge in [-0.1, -0.05) is 36.7 Å². The molecule has 2 N–H and O–H groups in total. The first-order valence-electron chi connectivity index (χ1n) is 8.93. The van der Waals surface area contributed by atoms with Crippen LogP contribution < -0.4 is 5.32 Å². The van der Waals surface area contributed by atoms with Crippen LogP contribution in [0, 0.1) is 11.8 Å². The smallest absolute Gasteiger partial charge is 0.326 e. The molecule has 0 spiro atoms. The first-order chi connectivity index (χ1) is 12.9. The average molecular weight is 407 g/mol. The highest BCUT2D eigenvalue weighted by Crippen LogP contribution is 2.36. The standard InChI is InChI=1S/C19H22N2O4S2/c1-11(22)26-10-13(8-12-6-7-12)18(23)21-15(19(24)25)9-17-20-14-4-2-3-5-16(14)27-17/h2-5,12-13,15H,6-10H2,1H3,(H,21,23)(H,24,25)/t13-,15-/m0/s1. The lowest BCUT2D eigenvalue weighted by Gasteiger charge is -2.19. The van der Waals surface area contributed by atoms with Crippen LogP contribution in [0.1, 0.15) is 31.2 Å². The number of thioether (sulfide) groups is 1. The van der Waals surface area contributed by atoms with Crippen molar-refractivity contribution < 1.29 is 19.5 Å². The minimum Gasteiger partial charge on any atom is -0.480 e. The molecule has 0 aliphatic heterocycles. The molecule has 1 aliphatic rings. The van der Waals surface area contributed by atoms with Crippen LogP contribution in [-0.2, 0) is 20.8 Å². The third-order valence-corrected chi connectivity index (χ3v) is 6.54. The van der Waals surface area contributed by atoms with Gasteiger partial charge in [-0.3, -0.25) is 9.59 Å². The molecular weight excluding hydrogens is 384 g/mol. The fourth-order valence-corrected chi connectivity index (χ4v) is 4.63. The van der Waals surface area contributed by atoms with E-state index in [1.54, 1.807) is 0 Å². The second kappa shape index (κ2) is 8.84. The van der Waals surface area contributed by atoms with Crippen LogP contribution in [0.2, 0.25) is 0 Å². The Balaban J connectivity index is 1.66. The zero-order chi connectivity index (χ0) is 19.4. The zero-order valence-electron chi connectivity index (χ0n) is 15.0. The number of aromatic nitrogens is 1. The normalized spacial score (nSPS) is 16.0. The molecule has 0 bridgehead atoms. The fraction of sp³-hybridized carbons (Fsp3) is 0.474. The largest absolute Gasteiger partial charge is 0.480 e. The predicted octanol–water partition coefficient (Wildman–Crippen LogP) is 3.10. The first-order valence-corrected chi connectivity index (χ1v) is 10.7. The molecule has 1 fully saturated rings. The summed E-state index contributed by atoms with van der Waals surface area (Å²) in [4.78, 5) is 40.1. The van der Waals surface area contributed by atoms with Crippen molar-refractivity contribution in [3.8, 4) is 0 Å². The number of carbonyl (C=O) groups excluding carboxylic acids is 2. The molecule has 1 saturated carbocycles. The van der Waals surface area contributed by atoms with Crippen LogP contribution in [0.5, 0.6) is 0 Å². The summed E-state index contributed by atoms with van der Waals surface area (Å²) in [5.74, 6) is -0.800. The molecule has 2 atom stereocenters. The van der Waals surface area contributed by atoms with Gasteiger partial charge in [0.2, 0.25) is 5.91 Å². The summed E-state index contributed by atoms with van der Waals surface area (Å²) >= 11 is 2.56. The number of carbonyl (C=O) groups is 3. The van der Waals surface area contributed by atoms with Crippen LogP contribution in [0.15, 0.2) is 24.3 Å². The molecule has 0 unspecified atom stereocenters. The maximum atomic E-state index is 12.7. The summed E-state index contributed by atoms with van der Waals surface area (Å²) < 4.78 is 0.993. The van der Waals surface area contributed by atoms with Crippen LogP contribution in [0.3, 0.4) is 0 Å². The Kier molecular flexibility index (Phi) is 6.49. The number of hydrogen-bond donors (Lipinski definition) is 2. The Bertz CT molecular complexity index is 814. The highest BCUT2D eigenvalue weighted by atomic mass is 32.2. The third-order valence-electron chi connectivity index (χ3n) is 4.50. The summed E-state index contributed by atoms with van der Waals surface area (Å²) in [5, 5.41) is 12.9. The number of carboxylic acid groups (broad SMARTS) is 1. The van der Waals surface area contributed by atoms with Gasteiger partial charge in [0, 0.05) is 25.0 Å². The van der Waals surface area contributed by atoms with Crippen molar-refractivity contribution in [2.24, 2.45) is 11.8 Å². The average Bonchev–Trinajstić information content (AvgIpc) is 3.34. The number of nitrogens with zero attached hydrogens (tertiary/aromatic N) is 1. The summed E-state index contributed by atoms with van der Waals surface area (Å²) in [6.07, 6.45) is 3.06. The number of carboxylic acids is 1. The van der Waals surface area contributed by atoms with E-state index in [0.29, 0.717) is 23.1 Å². The Morgan fingerprint density at radius 3 is 2.70 bits per heavy atom. The van der Waals surface area contributed by atoms with E-state index in [9.17, 15) is 19.5 Å². The van der Waals surface area contributed by atoms with Gasteiger partial charge in [0.1, 0.15) is 6.04 Å². The van der Waals surface area contributed by atoms with E-state index in [2.05, 4.69) is 10.3 Å². The van der Waals surface area contributed by atoms with Gasteiger partial charge < -0.3 is 10.4 Å². The molecule has 1 aromatic heterocycles. The molecule has 6 nitrogen and oxygen atoms in total. The topological polar surface area (TPSA) is 96.4 Å². The van der Waals surface area contributed by atoms with Gasteiger partial charge in [-0.15, -0.1) is 11.3 Å². The number of aliphatic carboxylic acids is 1. The van der Waals surface area contributed by atoms with E-state index in [0.717, 1.165) is 34.8 Å². The number of para-hydroxylation sites is 1. The van der Waals surface area contributed by atoms with E-state index in [4.69, 9.17) is 0 Å². The maximum absolute atomic E-state index is 12.7. The quantitative estimate of drug-likeness (QED) is 0.664. The number of thiazole rings is 1. The van der Waals surface area contributed by atoms with Crippen molar-refractivity contribution in [1.82, 2.24) is 10.3 Å². The summed E-state index contributed by atoms with van der Waals surface area (Å²) in [6, 6.07) is 6.60. The van der Waals surface area contributed by atoms with Gasteiger partial charge in [0.05, 0.1) is 15.2 Å². The Morgan fingerprint density at radius 1 is 1.33 bits per heavy atom. The number of fused-ring (bicyclic) bond motifs is 1. The number of nitrogens with one attached hydrogen (secondary N) is 1. The van der Waals surface area contributed by atoms with Crippen LogP contribution in [0.4, 0.5) is 0 Å². The van der Waals surface area contributed by atoms with Crippen LogP contribution in [-0.4, -0.2) is 38.9 Å². The minimum absolute atomic E-state index is 0.0344. The van der Waals surface area contributed by atoms with Crippen molar-refractivity contribution in [2.75, 3.05) is 5.75 Å². The van der Waals surface area contributed by atoms with Crippen molar-refractivity contribution in [2.45, 2.75) is 38.6 Å². The molecule has 1 aliphatic carbocycles. The van der Waals surface area contributed by atoms with Gasteiger partial charge >= 0.3 is 5.97 Å². The lowest BCUT2D eigenvalue weighted by Crippen LogP contribution is -2.45. The maximum Gasteiger partial charge on any atom is 0.326 e. The molecule has 1 amide bonds. The molecule has 3 rings (SSSR count). The second-order valence-electron chi connectivity index (χ2n) is 6.86. The van der Waals surface area contributed by atoms with Crippen LogP contribution >= 0.6 is 23.1 Å². The van der Waals surface area contributed by atoms with E-state index < -0.39 is 12.0 Å². The Morgan fingerprint density at radius 2 is 2.07 bits per heavy atom. The van der Waals surface area contributed by atoms with E-state index >= 15 is 0 Å². The lowest BCUT2D eigenvalue weighted by atomic mass is 10.0. The Hall–Kier alpha value is -1.93. The predicted molar refractivity (Wildman–Crippen MR) is 107 cm³/mol. The summed E-state index contributed by atoms with van der Waals surface area (Å²) in [6.45, 7) is 1.48. The number of amides is 1. The first kappa shape index (κ1) is 19.8. The third kappa shape index (κ3) is 5.77. The van der Waals surface area contributed by atoms with Gasteiger partial charge in [-0.05, 0) is 24.5 Å². The van der Waals surface area contributed by atoms with Crippen molar-refractivity contribution in [1.29, 1.82) is 0 Å². The molecule has 1 heterocycles. The molecule has 0 radical (unpaired) electrons. The number of hydrogen-bond acceptors (Lipinski definition) is 6. The highest BCUT2D eigenvalue weighted by molar-refractivity contribution is 8.13. The minimum atomic E-state index is -1.08. The monoisotopic (exact) mass is 406 g/mol. The second-order valence-corrected chi connectivity index (χ2v) is 9.17. The molecule has 2 aromatic rings. The van der Waals surface area contributed by atoms with Gasteiger partial charge in [-0.2, -0.15) is 0 Å². The lowest BCUT2D eigenvalue weighted by molar-refractivity contribution is -0.142. The highest BCUT2D eigenvalue weighted by Gasteiger charge is 2.32. The molecule has 27 heavy (non-hydrogen) atoms. The van der Waals surface area contributed by atoms with E-state index in [-0.39, 0.29) is 23.4 Å². The van der Waals surface area contributed by atoms with E-state index in [1.165, 1.54) is 18.3 Å². The van der Waals surface area contributed by atoms with Crippen molar-refractivity contribution in [3.63, 3.8) is 0 Å². The van der Waals surface area contributed by atoms with Crippen LogP contribution in [0.25, 0.3) is 10.2 Å². The van der Waals surface area contributed by atoms with Gasteiger partial charge in [0.25, 0.3) is 0 Å². The van der Waals surface area contributed by atoms with Crippen molar-refractivity contribution in [3.05, 3.63) is 29.3 Å². The zero-order valence-corrected chi connectivity index (χ0v) is 16.6. The van der Waals surface area contributed by atoms with Gasteiger partial charge in [0.15, 0.2) is 5.12 Å². The fourth-order valence-electron chi connectivity index (χ4n) is 2.90. The number of rotatable bonds is 9. The van der Waals surface area contributed by atoms with E-state index in [1.807, 2.05) is 24.3 Å². The molecule has 0 saturated heterocycles. The molecule has 144 valence electrons. The van der Waals surface area contributed by atoms with Crippen molar-refractivity contribution >= 4 is 50.3 Å². The molecular formula is C19H22N2O4S2. The summed E-state index contributed by atoms with van der Waals surface area (Å²) in [7, 11) is 0. The Labute approximate surface area is 165 Å². The molecule has 1 aromatic carbocycles.